The molecule has 3 N–H and O–H groups in total. The molecule has 1 fully saturated rings. The van der Waals surface area contributed by atoms with Crippen LogP contribution >= 0.6 is 0 Å². The van der Waals surface area contributed by atoms with Gasteiger partial charge in [0.25, 0.3) is 0 Å². The van der Waals surface area contributed by atoms with Crippen LogP contribution in [0.3, 0.4) is 0 Å². The molecule has 0 radical (unpaired) electrons. The minimum absolute atomic E-state index is 0.00398. The molecule has 1 aliphatic rings. The third kappa shape index (κ3) is 4.48. The third-order valence-electron chi connectivity index (χ3n) is 3.49. The highest BCUT2D eigenvalue weighted by Crippen LogP contribution is 2.42. The van der Waals surface area contributed by atoms with Gasteiger partial charge in [-0.3, -0.25) is 0 Å². The van der Waals surface area contributed by atoms with E-state index in [0.29, 0.717) is 5.41 Å². The van der Waals surface area contributed by atoms with Gasteiger partial charge in [-0.15, -0.1) is 0 Å². The fourth-order valence-electron chi connectivity index (χ4n) is 1.95. The van der Waals surface area contributed by atoms with Crippen molar-refractivity contribution in [3.8, 4) is 6.07 Å². The quantitative estimate of drug-likeness (QED) is 0.861. The first-order valence-electron chi connectivity index (χ1n) is 6.39. The molecule has 0 spiro atoms. The van der Waals surface area contributed by atoms with Crippen molar-refractivity contribution in [2.24, 2.45) is 11.1 Å². The SMILES string of the molecule is CC1(CC#N)CCC1.NC(CO)c1ccccc1. The van der Waals surface area contributed by atoms with Gasteiger partial charge in [0.2, 0.25) is 0 Å². The smallest absolute Gasteiger partial charge is 0.0627 e. The number of nitriles is 1. The van der Waals surface area contributed by atoms with Crippen molar-refractivity contribution in [2.75, 3.05) is 6.61 Å². The zero-order valence-corrected chi connectivity index (χ0v) is 11.0. The fourth-order valence-corrected chi connectivity index (χ4v) is 1.95. The second-order valence-corrected chi connectivity index (χ2v) is 5.20. The summed E-state index contributed by atoms with van der Waals surface area (Å²) < 4.78 is 0. The lowest BCUT2D eigenvalue weighted by Crippen LogP contribution is -2.24. The summed E-state index contributed by atoms with van der Waals surface area (Å²) in [5.74, 6) is 0. The Kier molecular flexibility index (Phi) is 5.84. The van der Waals surface area contributed by atoms with Crippen LogP contribution in [0.2, 0.25) is 0 Å². The summed E-state index contributed by atoms with van der Waals surface area (Å²) in [5.41, 5.74) is 6.93. The molecule has 3 nitrogen and oxygen atoms in total. The van der Waals surface area contributed by atoms with Gasteiger partial charge >= 0.3 is 0 Å². The highest BCUT2D eigenvalue weighted by Gasteiger charge is 2.30. The number of nitrogens with two attached hydrogens (primary N) is 1. The first-order valence-corrected chi connectivity index (χ1v) is 6.39. The fraction of sp³-hybridized carbons (Fsp3) is 0.533. The predicted octanol–water partition coefficient (Wildman–Crippen LogP) is 2.77. The second-order valence-electron chi connectivity index (χ2n) is 5.20. The van der Waals surface area contributed by atoms with Crippen LogP contribution in [0.5, 0.6) is 0 Å². The van der Waals surface area contributed by atoms with Gasteiger partial charge in [-0.25, -0.2) is 0 Å². The molecular weight excluding hydrogens is 224 g/mol. The van der Waals surface area contributed by atoms with E-state index >= 15 is 0 Å². The van der Waals surface area contributed by atoms with Gasteiger partial charge in [0.15, 0.2) is 0 Å². The van der Waals surface area contributed by atoms with Crippen LogP contribution < -0.4 is 5.73 Å². The molecule has 3 heteroatoms. The molecule has 0 saturated heterocycles. The van der Waals surface area contributed by atoms with Crippen molar-refractivity contribution >= 4 is 0 Å². The van der Waals surface area contributed by atoms with E-state index in [1.807, 2.05) is 30.3 Å². The monoisotopic (exact) mass is 246 g/mol. The van der Waals surface area contributed by atoms with Gasteiger partial charge in [-0.1, -0.05) is 43.7 Å². The van der Waals surface area contributed by atoms with Crippen LogP contribution in [0.4, 0.5) is 0 Å². The minimum atomic E-state index is -0.235. The molecular formula is C15H22N2O. The second kappa shape index (κ2) is 7.15. The number of hydrogen-bond donors (Lipinski definition) is 2. The standard InChI is InChI=1S/C8H11NO.C7H11N/c9-8(6-10)7-4-2-1-3-5-7;1-7(5-6-8)3-2-4-7/h1-5,8,10H,6,9H2;2-5H2,1H3. The molecule has 1 saturated carbocycles. The normalized spacial score (nSPS) is 17.7. The molecule has 1 aromatic rings. The number of nitrogens with zero attached hydrogens (tertiary/aromatic N) is 1. The molecule has 0 amide bonds. The Morgan fingerprint density at radius 3 is 2.33 bits per heavy atom. The van der Waals surface area contributed by atoms with Crippen molar-refractivity contribution in [1.82, 2.24) is 0 Å². The largest absolute Gasteiger partial charge is 0.394 e. The van der Waals surface area contributed by atoms with E-state index in [-0.39, 0.29) is 12.6 Å². The molecule has 18 heavy (non-hydrogen) atoms. The number of rotatable bonds is 3. The van der Waals surface area contributed by atoms with Crippen LogP contribution in [0.25, 0.3) is 0 Å². The Labute approximate surface area is 109 Å². The van der Waals surface area contributed by atoms with E-state index in [4.69, 9.17) is 16.1 Å². The van der Waals surface area contributed by atoms with E-state index in [1.165, 1.54) is 19.3 Å². The first-order chi connectivity index (χ1) is 8.61. The number of benzene rings is 1. The maximum atomic E-state index is 8.66. The molecule has 1 aromatic carbocycles. The number of aliphatic hydroxyl groups excluding tert-OH is 1. The third-order valence-corrected chi connectivity index (χ3v) is 3.49. The van der Waals surface area contributed by atoms with Gasteiger partial charge in [-0.2, -0.15) is 5.26 Å². The van der Waals surface area contributed by atoms with Gasteiger partial charge in [0.1, 0.15) is 0 Å². The van der Waals surface area contributed by atoms with Crippen LogP contribution in [0, 0.1) is 16.7 Å². The molecule has 0 bridgehead atoms. The molecule has 0 aromatic heterocycles. The summed E-state index contributed by atoms with van der Waals surface area (Å²) >= 11 is 0. The molecule has 1 aliphatic carbocycles. The first kappa shape index (κ1) is 14.7. The lowest BCUT2D eigenvalue weighted by Gasteiger charge is -2.35. The topological polar surface area (TPSA) is 70.0 Å². The lowest BCUT2D eigenvalue weighted by atomic mass is 9.69. The van der Waals surface area contributed by atoms with Crippen LogP contribution in [-0.2, 0) is 0 Å². The summed E-state index contributed by atoms with van der Waals surface area (Å²) in [5, 5.41) is 17.0. The van der Waals surface area contributed by atoms with Gasteiger partial charge in [-0.05, 0) is 23.8 Å². The summed E-state index contributed by atoms with van der Waals surface area (Å²) in [6.07, 6.45) is 4.62. The van der Waals surface area contributed by atoms with Gasteiger partial charge in [0.05, 0.1) is 18.7 Å². The Balaban J connectivity index is 0.000000184. The zero-order valence-electron chi connectivity index (χ0n) is 11.0. The maximum Gasteiger partial charge on any atom is 0.0627 e. The average Bonchev–Trinajstić information content (AvgIpc) is 2.38. The van der Waals surface area contributed by atoms with Crippen LogP contribution in [0.1, 0.15) is 44.2 Å². The predicted molar refractivity (Wildman–Crippen MR) is 72.6 cm³/mol. The summed E-state index contributed by atoms with van der Waals surface area (Å²) in [6.45, 7) is 2.20. The Bertz CT molecular complexity index is 379. The van der Waals surface area contributed by atoms with Crippen LogP contribution in [0.15, 0.2) is 30.3 Å². The van der Waals surface area contributed by atoms with Crippen molar-refractivity contribution in [3.05, 3.63) is 35.9 Å². The summed E-state index contributed by atoms with van der Waals surface area (Å²) in [4.78, 5) is 0. The molecule has 1 unspecified atom stereocenters. The van der Waals surface area contributed by atoms with Crippen LogP contribution in [-0.4, -0.2) is 11.7 Å². The summed E-state index contributed by atoms with van der Waals surface area (Å²) in [6, 6.07) is 11.5. The van der Waals surface area contributed by atoms with E-state index in [9.17, 15) is 0 Å². The molecule has 98 valence electrons. The highest BCUT2D eigenvalue weighted by atomic mass is 16.3. The molecule has 1 atom stereocenters. The molecule has 2 rings (SSSR count). The van der Waals surface area contributed by atoms with Crippen molar-refractivity contribution in [3.63, 3.8) is 0 Å². The van der Waals surface area contributed by atoms with E-state index in [2.05, 4.69) is 13.0 Å². The average molecular weight is 246 g/mol. The summed E-state index contributed by atoms with van der Waals surface area (Å²) in [7, 11) is 0. The molecule has 0 aliphatic heterocycles. The lowest BCUT2D eigenvalue weighted by molar-refractivity contribution is 0.168. The van der Waals surface area contributed by atoms with E-state index in [0.717, 1.165) is 12.0 Å². The van der Waals surface area contributed by atoms with E-state index < -0.39 is 0 Å². The zero-order chi connectivity index (χ0) is 13.4. The van der Waals surface area contributed by atoms with Crippen molar-refractivity contribution < 1.29 is 5.11 Å². The minimum Gasteiger partial charge on any atom is -0.394 e. The highest BCUT2D eigenvalue weighted by molar-refractivity contribution is 5.18. The van der Waals surface area contributed by atoms with Crippen molar-refractivity contribution in [2.45, 2.75) is 38.6 Å². The van der Waals surface area contributed by atoms with Gasteiger partial charge < -0.3 is 10.8 Å². The Morgan fingerprint density at radius 1 is 1.39 bits per heavy atom. The molecule has 0 heterocycles. The number of hydrogen-bond acceptors (Lipinski definition) is 3. The number of aliphatic hydroxyl groups is 1. The Hall–Kier alpha value is -1.37. The van der Waals surface area contributed by atoms with Crippen molar-refractivity contribution in [1.29, 1.82) is 5.26 Å². The Morgan fingerprint density at radius 2 is 2.00 bits per heavy atom. The van der Waals surface area contributed by atoms with Gasteiger partial charge in [0, 0.05) is 6.42 Å². The maximum absolute atomic E-state index is 8.66. The van der Waals surface area contributed by atoms with E-state index in [1.54, 1.807) is 0 Å².